The Balaban J connectivity index is 2.08. The van der Waals surface area contributed by atoms with Gasteiger partial charge in [-0.05, 0) is 16.8 Å². The van der Waals surface area contributed by atoms with Crippen molar-refractivity contribution in [1.82, 2.24) is 10.2 Å². The lowest BCUT2D eigenvalue weighted by Gasteiger charge is -2.34. The van der Waals surface area contributed by atoms with Gasteiger partial charge in [-0.15, -0.1) is 0 Å². The first-order chi connectivity index (χ1) is 9.81. The molecule has 2 aromatic carbocycles. The lowest BCUT2D eigenvalue weighted by molar-refractivity contribution is 0.146. The van der Waals surface area contributed by atoms with E-state index in [-0.39, 0.29) is 11.8 Å². The van der Waals surface area contributed by atoms with Crippen molar-refractivity contribution in [2.75, 3.05) is 32.9 Å². The van der Waals surface area contributed by atoms with Gasteiger partial charge in [-0.25, -0.2) is 4.39 Å². The molecular weight excluding hydrogens is 255 g/mol. The minimum Gasteiger partial charge on any atom is -0.508 e. The Hall–Kier alpha value is -1.65. The molecule has 1 fully saturated rings. The van der Waals surface area contributed by atoms with Crippen molar-refractivity contribution in [3.05, 3.63) is 42.0 Å². The van der Waals surface area contributed by atoms with E-state index in [1.54, 1.807) is 6.07 Å². The number of nitrogens with one attached hydrogen (secondary N) is 1. The summed E-state index contributed by atoms with van der Waals surface area (Å²) < 4.78 is 13.7. The van der Waals surface area contributed by atoms with Crippen LogP contribution in [0.15, 0.2) is 36.4 Å². The number of benzene rings is 2. The number of halogens is 1. The zero-order valence-corrected chi connectivity index (χ0v) is 11.3. The second-order valence-electron chi connectivity index (χ2n) is 5.18. The molecule has 0 radical (unpaired) electrons. The molecule has 1 saturated heterocycles. The molecule has 0 amide bonds. The molecule has 0 unspecified atom stereocenters. The van der Waals surface area contributed by atoms with Crippen LogP contribution in [-0.2, 0) is 0 Å². The number of fused-ring (bicyclic) bond motifs is 1. The molecule has 0 spiro atoms. The molecule has 1 aliphatic rings. The Labute approximate surface area is 118 Å². The van der Waals surface area contributed by atoms with E-state index in [2.05, 4.69) is 10.2 Å². The molecule has 2 aromatic rings. The van der Waals surface area contributed by atoms with Crippen LogP contribution in [0.25, 0.3) is 10.8 Å². The summed E-state index contributed by atoms with van der Waals surface area (Å²) in [5.74, 6) is 0.185. The largest absolute Gasteiger partial charge is 0.508 e. The summed E-state index contributed by atoms with van der Waals surface area (Å²) >= 11 is 0. The molecule has 106 valence electrons. The normalized spacial score (nSPS) is 18.2. The summed E-state index contributed by atoms with van der Waals surface area (Å²) in [6, 6.07) is 11.0. The van der Waals surface area contributed by atoms with E-state index in [0.717, 1.165) is 37.0 Å². The number of phenolic OH excluding ortho intramolecular Hbond substituents is 1. The van der Waals surface area contributed by atoms with E-state index in [9.17, 15) is 9.50 Å². The maximum Gasteiger partial charge on any atom is 0.121 e. The van der Waals surface area contributed by atoms with Gasteiger partial charge in [0.1, 0.15) is 12.4 Å². The Morgan fingerprint density at radius 2 is 1.90 bits per heavy atom. The summed E-state index contributed by atoms with van der Waals surface area (Å²) in [6.07, 6.45) is 0. The van der Waals surface area contributed by atoms with Gasteiger partial charge in [-0.1, -0.05) is 30.3 Å². The molecule has 1 atom stereocenters. The van der Waals surface area contributed by atoms with Crippen LogP contribution in [0, 0.1) is 0 Å². The lowest BCUT2D eigenvalue weighted by Crippen LogP contribution is -2.45. The number of alkyl halides is 1. The molecular formula is C16H19FN2O. The minimum absolute atomic E-state index is 0.185. The number of aromatic hydroxyl groups is 1. The van der Waals surface area contributed by atoms with Gasteiger partial charge in [-0.3, -0.25) is 4.90 Å². The first-order valence-electron chi connectivity index (χ1n) is 7.02. The zero-order valence-electron chi connectivity index (χ0n) is 11.3. The third-order valence-corrected chi connectivity index (χ3v) is 4.02. The Bertz CT molecular complexity index is 596. The van der Waals surface area contributed by atoms with E-state index >= 15 is 0 Å². The van der Waals surface area contributed by atoms with Gasteiger partial charge in [0.2, 0.25) is 0 Å². The maximum absolute atomic E-state index is 13.7. The molecule has 0 aromatic heterocycles. The summed E-state index contributed by atoms with van der Waals surface area (Å²) in [4.78, 5) is 2.11. The van der Waals surface area contributed by atoms with Crippen LogP contribution in [-0.4, -0.2) is 42.9 Å². The molecule has 0 aliphatic carbocycles. The van der Waals surface area contributed by atoms with E-state index < -0.39 is 6.67 Å². The monoisotopic (exact) mass is 274 g/mol. The summed E-state index contributed by atoms with van der Waals surface area (Å²) in [5, 5.41) is 15.5. The van der Waals surface area contributed by atoms with Crippen molar-refractivity contribution in [3.8, 4) is 5.75 Å². The van der Waals surface area contributed by atoms with E-state index in [0.29, 0.717) is 5.56 Å². The predicted molar refractivity (Wildman–Crippen MR) is 78.8 cm³/mol. The van der Waals surface area contributed by atoms with Crippen LogP contribution in [0.4, 0.5) is 4.39 Å². The molecule has 0 bridgehead atoms. The average Bonchev–Trinajstić information content (AvgIpc) is 2.51. The lowest BCUT2D eigenvalue weighted by atomic mass is 9.96. The van der Waals surface area contributed by atoms with E-state index in [1.165, 1.54) is 0 Å². The van der Waals surface area contributed by atoms with Gasteiger partial charge in [0, 0.05) is 31.7 Å². The SMILES string of the molecule is Oc1ccc2ccccc2c1[C@@H](CF)N1CCNCC1. The highest BCUT2D eigenvalue weighted by atomic mass is 19.1. The standard InChI is InChI=1S/C16H19FN2O/c17-11-14(19-9-7-18-8-10-19)16-13-4-2-1-3-12(13)5-6-15(16)20/h1-6,14,18,20H,7-11H2/t14-/m1/s1. The first kappa shape index (κ1) is 13.3. The average molecular weight is 274 g/mol. The van der Waals surface area contributed by atoms with Gasteiger partial charge >= 0.3 is 0 Å². The highest BCUT2D eigenvalue weighted by Gasteiger charge is 2.26. The number of nitrogens with zero attached hydrogens (tertiary/aromatic N) is 1. The van der Waals surface area contributed by atoms with Gasteiger partial charge < -0.3 is 10.4 Å². The molecule has 3 rings (SSSR count). The summed E-state index contributed by atoms with van der Waals surface area (Å²) in [5.41, 5.74) is 0.715. The van der Waals surface area contributed by atoms with Crippen LogP contribution < -0.4 is 5.32 Å². The van der Waals surface area contributed by atoms with Crippen LogP contribution in [0.3, 0.4) is 0 Å². The fourth-order valence-corrected chi connectivity index (χ4v) is 2.99. The van der Waals surface area contributed by atoms with Crippen molar-refractivity contribution in [1.29, 1.82) is 0 Å². The number of piperazine rings is 1. The first-order valence-corrected chi connectivity index (χ1v) is 7.02. The number of hydrogen-bond donors (Lipinski definition) is 2. The molecule has 1 aliphatic heterocycles. The van der Waals surface area contributed by atoms with Gasteiger partial charge in [0.15, 0.2) is 0 Å². The summed E-state index contributed by atoms with van der Waals surface area (Å²) in [7, 11) is 0. The Morgan fingerprint density at radius 3 is 2.65 bits per heavy atom. The van der Waals surface area contributed by atoms with Crippen LogP contribution in [0.5, 0.6) is 5.75 Å². The van der Waals surface area contributed by atoms with Crippen LogP contribution in [0.2, 0.25) is 0 Å². The number of hydrogen-bond acceptors (Lipinski definition) is 3. The van der Waals surface area contributed by atoms with Crippen LogP contribution >= 0.6 is 0 Å². The molecule has 0 saturated carbocycles. The van der Waals surface area contributed by atoms with Crippen molar-refractivity contribution in [3.63, 3.8) is 0 Å². The Morgan fingerprint density at radius 1 is 1.15 bits per heavy atom. The van der Waals surface area contributed by atoms with Crippen molar-refractivity contribution in [2.45, 2.75) is 6.04 Å². The van der Waals surface area contributed by atoms with Crippen molar-refractivity contribution in [2.24, 2.45) is 0 Å². The fraction of sp³-hybridized carbons (Fsp3) is 0.375. The molecule has 1 heterocycles. The maximum atomic E-state index is 13.7. The third-order valence-electron chi connectivity index (χ3n) is 4.02. The van der Waals surface area contributed by atoms with Gasteiger partial charge in [0.05, 0.1) is 6.04 Å². The van der Waals surface area contributed by atoms with E-state index in [4.69, 9.17) is 0 Å². The fourth-order valence-electron chi connectivity index (χ4n) is 2.99. The molecule has 4 heteroatoms. The summed E-state index contributed by atoms with van der Waals surface area (Å²) in [6.45, 7) is 2.85. The zero-order chi connectivity index (χ0) is 13.9. The molecule has 3 nitrogen and oxygen atoms in total. The quantitative estimate of drug-likeness (QED) is 0.902. The third kappa shape index (κ3) is 2.37. The predicted octanol–water partition coefficient (Wildman–Crippen LogP) is 2.46. The van der Waals surface area contributed by atoms with Crippen molar-refractivity contribution < 1.29 is 9.50 Å². The highest BCUT2D eigenvalue weighted by molar-refractivity contribution is 5.88. The Kier molecular flexibility index (Phi) is 3.85. The van der Waals surface area contributed by atoms with Crippen LogP contribution in [0.1, 0.15) is 11.6 Å². The topological polar surface area (TPSA) is 35.5 Å². The minimum atomic E-state index is -0.485. The van der Waals surface area contributed by atoms with E-state index in [1.807, 2.05) is 30.3 Å². The second kappa shape index (κ2) is 5.77. The second-order valence-corrected chi connectivity index (χ2v) is 5.18. The van der Waals surface area contributed by atoms with Gasteiger partial charge in [0.25, 0.3) is 0 Å². The number of rotatable bonds is 3. The van der Waals surface area contributed by atoms with Gasteiger partial charge in [-0.2, -0.15) is 0 Å². The molecule has 2 N–H and O–H groups in total. The van der Waals surface area contributed by atoms with Crippen molar-refractivity contribution >= 4 is 10.8 Å². The smallest absolute Gasteiger partial charge is 0.121 e. The molecule has 20 heavy (non-hydrogen) atoms. The number of phenols is 1. The highest BCUT2D eigenvalue weighted by Crippen LogP contribution is 2.35.